The van der Waals surface area contributed by atoms with E-state index in [0.29, 0.717) is 0 Å². The topological polar surface area (TPSA) is 61.6 Å². The Morgan fingerprint density at radius 1 is 1.50 bits per heavy atom. The van der Waals surface area contributed by atoms with Crippen LogP contribution in [0, 0.1) is 10.1 Å². The molecule has 0 N–H and O–H groups in total. The predicted octanol–water partition coefficient (Wildman–Crippen LogP) is 0.357. The molecule has 58 valence electrons. The summed E-state index contributed by atoms with van der Waals surface area (Å²) in [6.07, 6.45) is -0.992. The first-order chi connectivity index (χ1) is 4.70. The average Bonchev–Trinajstić information content (AvgIpc) is 1.88. The first-order valence-electron chi connectivity index (χ1n) is 2.71. The summed E-state index contributed by atoms with van der Waals surface area (Å²) >= 11 is 3.10. The van der Waals surface area contributed by atoms with Gasteiger partial charge in [-0.2, -0.15) is 0 Å². The molecule has 0 bridgehead atoms. The van der Waals surface area contributed by atoms with Crippen molar-refractivity contribution in [3.8, 4) is 0 Å². The second-order valence-electron chi connectivity index (χ2n) is 1.82. The van der Waals surface area contributed by atoms with Gasteiger partial charge in [0.1, 0.15) is 11.6 Å². The fraction of sp³-hybridized carbons (Fsp3) is 1.00. The number of hydrogen-bond acceptors (Lipinski definition) is 4. The number of nitro groups is 1. The monoisotopic (exact) mass is 211 g/mol. The first kappa shape index (κ1) is 7.90. The zero-order valence-electron chi connectivity index (χ0n) is 5.03. The Balaban J connectivity index is 2.33. The van der Waals surface area contributed by atoms with Crippen LogP contribution in [0.5, 0.6) is 0 Å². The van der Waals surface area contributed by atoms with Gasteiger partial charge in [0.15, 0.2) is 0 Å². The molecule has 1 rings (SSSR count). The van der Waals surface area contributed by atoms with E-state index < -0.39 is 11.2 Å². The molecule has 0 aromatic rings. The van der Waals surface area contributed by atoms with Gasteiger partial charge in [0, 0.05) is 0 Å². The smallest absolute Gasteiger partial charge is 0.338 e. The van der Waals surface area contributed by atoms with Gasteiger partial charge in [-0.1, -0.05) is 15.9 Å². The molecule has 1 saturated heterocycles. The van der Waals surface area contributed by atoms with Crippen molar-refractivity contribution in [2.24, 2.45) is 0 Å². The molecule has 0 saturated carbocycles. The molecule has 2 atom stereocenters. The summed E-state index contributed by atoms with van der Waals surface area (Å²) in [5, 5.41) is 9.84. The largest absolute Gasteiger partial charge is 0.355 e. The molecule has 1 aliphatic rings. The zero-order chi connectivity index (χ0) is 7.56. The molecule has 10 heavy (non-hydrogen) atoms. The number of alkyl halides is 1. The SMILES string of the molecule is O=[N+]([O-])C1CO[C@@H](Br)CO1. The van der Waals surface area contributed by atoms with E-state index in [2.05, 4.69) is 15.9 Å². The van der Waals surface area contributed by atoms with Gasteiger partial charge in [-0.05, 0) is 0 Å². The molecule has 1 aliphatic heterocycles. The number of ether oxygens (including phenoxy) is 2. The third-order valence-corrected chi connectivity index (χ3v) is 1.60. The molecule has 5 nitrogen and oxygen atoms in total. The Labute approximate surface area is 65.6 Å². The van der Waals surface area contributed by atoms with Crippen molar-refractivity contribution >= 4 is 15.9 Å². The van der Waals surface area contributed by atoms with Crippen LogP contribution in [0.15, 0.2) is 0 Å². The van der Waals surface area contributed by atoms with Crippen molar-refractivity contribution < 1.29 is 14.4 Å². The lowest BCUT2D eigenvalue weighted by Gasteiger charge is -2.20. The highest BCUT2D eigenvalue weighted by atomic mass is 79.9. The van der Waals surface area contributed by atoms with E-state index in [1.54, 1.807) is 0 Å². The maximum absolute atomic E-state index is 10.0. The summed E-state index contributed by atoms with van der Waals surface area (Å²) in [7, 11) is 0. The van der Waals surface area contributed by atoms with Crippen LogP contribution in [-0.2, 0) is 9.47 Å². The van der Waals surface area contributed by atoms with Crippen molar-refractivity contribution in [3.63, 3.8) is 0 Å². The van der Waals surface area contributed by atoms with E-state index in [-0.39, 0.29) is 18.2 Å². The van der Waals surface area contributed by atoms with Crippen LogP contribution in [0.4, 0.5) is 0 Å². The van der Waals surface area contributed by atoms with E-state index in [9.17, 15) is 10.1 Å². The zero-order valence-corrected chi connectivity index (χ0v) is 6.61. The highest BCUT2D eigenvalue weighted by Crippen LogP contribution is 2.11. The van der Waals surface area contributed by atoms with E-state index in [1.807, 2.05) is 0 Å². The van der Waals surface area contributed by atoms with Gasteiger partial charge < -0.3 is 9.47 Å². The minimum absolute atomic E-state index is 0.0168. The van der Waals surface area contributed by atoms with Gasteiger partial charge in [-0.25, -0.2) is 0 Å². The Kier molecular flexibility index (Phi) is 2.58. The second-order valence-corrected chi connectivity index (χ2v) is 2.84. The van der Waals surface area contributed by atoms with Crippen molar-refractivity contribution in [1.82, 2.24) is 0 Å². The molecule has 1 unspecified atom stereocenters. The fourth-order valence-corrected chi connectivity index (χ4v) is 0.897. The van der Waals surface area contributed by atoms with Crippen LogP contribution in [-0.4, -0.2) is 29.4 Å². The second kappa shape index (κ2) is 3.27. The van der Waals surface area contributed by atoms with E-state index in [4.69, 9.17) is 9.47 Å². The van der Waals surface area contributed by atoms with E-state index in [0.717, 1.165) is 0 Å². The fourth-order valence-electron chi connectivity index (χ4n) is 0.591. The van der Waals surface area contributed by atoms with Crippen LogP contribution in [0.25, 0.3) is 0 Å². The Morgan fingerprint density at radius 2 is 2.20 bits per heavy atom. The number of nitrogens with zero attached hydrogens (tertiary/aromatic N) is 1. The molecule has 0 amide bonds. The lowest BCUT2D eigenvalue weighted by molar-refractivity contribution is -0.586. The average molecular weight is 212 g/mol. The highest BCUT2D eigenvalue weighted by molar-refractivity contribution is 9.09. The van der Waals surface area contributed by atoms with Crippen LogP contribution in [0.1, 0.15) is 0 Å². The van der Waals surface area contributed by atoms with Crippen LogP contribution in [0.3, 0.4) is 0 Å². The molecule has 0 aromatic heterocycles. The van der Waals surface area contributed by atoms with E-state index in [1.165, 1.54) is 0 Å². The minimum Gasteiger partial charge on any atom is -0.355 e. The van der Waals surface area contributed by atoms with Gasteiger partial charge in [-0.3, -0.25) is 10.1 Å². The van der Waals surface area contributed by atoms with Crippen molar-refractivity contribution in [2.75, 3.05) is 13.2 Å². The van der Waals surface area contributed by atoms with Crippen LogP contribution in [0.2, 0.25) is 0 Å². The molecule has 0 aromatic carbocycles. The predicted molar refractivity (Wildman–Crippen MR) is 35.4 cm³/mol. The minimum atomic E-state index is -0.992. The van der Waals surface area contributed by atoms with Gasteiger partial charge in [0.2, 0.25) is 0 Å². The maximum Gasteiger partial charge on any atom is 0.338 e. The van der Waals surface area contributed by atoms with Gasteiger partial charge in [-0.15, -0.1) is 0 Å². The summed E-state index contributed by atoms with van der Waals surface area (Å²) in [6, 6.07) is 0. The number of rotatable bonds is 1. The van der Waals surface area contributed by atoms with Crippen molar-refractivity contribution in [3.05, 3.63) is 10.1 Å². The molecule has 0 radical (unpaired) electrons. The van der Waals surface area contributed by atoms with Gasteiger partial charge in [0.25, 0.3) is 0 Å². The molecule has 1 fully saturated rings. The normalized spacial score (nSPS) is 33.7. The Bertz CT molecular complexity index is 133. The summed E-state index contributed by atoms with van der Waals surface area (Å²) in [6.45, 7) is 0.245. The lowest BCUT2D eigenvalue weighted by Crippen LogP contribution is -2.37. The van der Waals surface area contributed by atoms with E-state index >= 15 is 0 Å². The third kappa shape index (κ3) is 1.89. The standard InChI is InChI=1S/C4H6BrNO4/c5-3-1-10-4(2-9-3)6(7)8/h3-4H,1-2H2/t3-,4?/m1/s1. The maximum atomic E-state index is 10.0. The third-order valence-electron chi connectivity index (χ3n) is 1.07. The summed E-state index contributed by atoms with van der Waals surface area (Å²) in [5.41, 5.74) is 0. The molecule has 1 heterocycles. The van der Waals surface area contributed by atoms with Crippen molar-refractivity contribution in [1.29, 1.82) is 0 Å². The molecular weight excluding hydrogens is 206 g/mol. The summed E-state index contributed by atoms with van der Waals surface area (Å²) < 4.78 is 9.68. The molecule has 0 aliphatic carbocycles. The lowest BCUT2D eigenvalue weighted by atomic mass is 10.5. The van der Waals surface area contributed by atoms with Crippen molar-refractivity contribution in [2.45, 2.75) is 11.2 Å². The summed E-state index contributed by atoms with van der Waals surface area (Å²) in [4.78, 5) is 9.55. The highest BCUT2D eigenvalue weighted by Gasteiger charge is 2.28. The van der Waals surface area contributed by atoms with Gasteiger partial charge in [0.05, 0.1) is 11.5 Å². The molecular formula is C4H6BrNO4. The van der Waals surface area contributed by atoms with Crippen LogP contribution < -0.4 is 0 Å². The van der Waals surface area contributed by atoms with Crippen LogP contribution >= 0.6 is 15.9 Å². The Hall–Kier alpha value is -0.200. The summed E-state index contributed by atoms with van der Waals surface area (Å²) in [5.74, 6) is 0. The number of halogens is 1. The van der Waals surface area contributed by atoms with Gasteiger partial charge >= 0.3 is 6.23 Å². The molecule has 6 heteroatoms. The quantitative estimate of drug-likeness (QED) is 0.357. The number of hydrogen-bond donors (Lipinski definition) is 0. The Morgan fingerprint density at radius 3 is 2.60 bits per heavy atom. The first-order valence-corrected chi connectivity index (χ1v) is 3.62. The molecule has 0 spiro atoms.